The van der Waals surface area contributed by atoms with E-state index in [1.165, 1.54) is 25.7 Å². The van der Waals surface area contributed by atoms with Gasteiger partial charge in [0.15, 0.2) is 0 Å². The monoisotopic (exact) mass is 220 g/mol. The molecule has 0 aromatic heterocycles. The molecule has 3 atom stereocenters. The van der Waals surface area contributed by atoms with Crippen LogP contribution in [0.2, 0.25) is 0 Å². The normalized spacial score (nSPS) is 34.1. The van der Waals surface area contributed by atoms with Gasteiger partial charge >= 0.3 is 0 Å². The smallest absolute Gasteiger partial charge is 0.0546 e. The van der Waals surface area contributed by atoms with Crippen LogP contribution in [0.25, 0.3) is 0 Å². The molecule has 3 unspecified atom stereocenters. The van der Waals surface area contributed by atoms with Gasteiger partial charge in [-0.2, -0.15) is 0 Å². The molecule has 0 heterocycles. The number of alkyl halides is 1. The topological polar surface area (TPSA) is 9.23 Å². The van der Waals surface area contributed by atoms with E-state index in [2.05, 4.69) is 22.9 Å². The summed E-state index contributed by atoms with van der Waals surface area (Å²) in [6.45, 7) is 2.15. The minimum atomic E-state index is 0.429. The van der Waals surface area contributed by atoms with Crippen LogP contribution in [0.5, 0.6) is 0 Å². The van der Waals surface area contributed by atoms with Gasteiger partial charge in [-0.25, -0.2) is 0 Å². The summed E-state index contributed by atoms with van der Waals surface area (Å²) < 4.78 is 5.24. The SMILES string of the molecule is COC(C)CC1CCCC1Br. The van der Waals surface area contributed by atoms with Crippen molar-refractivity contribution in [3.05, 3.63) is 0 Å². The maximum Gasteiger partial charge on any atom is 0.0546 e. The van der Waals surface area contributed by atoms with Gasteiger partial charge in [-0.15, -0.1) is 0 Å². The molecule has 0 radical (unpaired) electrons. The van der Waals surface area contributed by atoms with E-state index in [1.54, 1.807) is 7.11 Å². The van der Waals surface area contributed by atoms with E-state index in [1.807, 2.05) is 0 Å². The predicted molar refractivity (Wildman–Crippen MR) is 51.1 cm³/mol. The second kappa shape index (κ2) is 4.46. The quantitative estimate of drug-likeness (QED) is 0.665. The maximum absolute atomic E-state index is 5.24. The van der Waals surface area contributed by atoms with Crippen molar-refractivity contribution in [2.75, 3.05) is 7.11 Å². The van der Waals surface area contributed by atoms with Gasteiger partial charge in [0.25, 0.3) is 0 Å². The highest BCUT2D eigenvalue weighted by Crippen LogP contribution is 2.34. The highest BCUT2D eigenvalue weighted by atomic mass is 79.9. The van der Waals surface area contributed by atoms with Crippen molar-refractivity contribution in [1.29, 1.82) is 0 Å². The van der Waals surface area contributed by atoms with E-state index in [-0.39, 0.29) is 0 Å². The van der Waals surface area contributed by atoms with Gasteiger partial charge < -0.3 is 4.74 Å². The fraction of sp³-hybridized carbons (Fsp3) is 1.00. The van der Waals surface area contributed by atoms with Crippen molar-refractivity contribution in [2.45, 2.75) is 43.5 Å². The van der Waals surface area contributed by atoms with Crippen molar-refractivity contribution >= 4 is 15.9 Å². The molecule has 66 valence electrons. The molecule has 1 rings (SSSR count). The summed E-state index contributed by atoms with van der Waals surface area (Å²) in [5, 5.41) is 0. The van der Waals surface area contributed by atoms with Crippen LogP contribution < -0.4 is 0 Å². The van der Waals surface area contributed by atoms with E-state index >= 15 is 0 Å². The maximum atomic E-state index is 5.24. The molecule has 0 spiro atoms. The molecule has 0 bridgehead atoms. The van der Waals surface area contributed by atoms with Gasteiger partial charge in [-0.1, -0.05) is 22.4 Å². The lowest BCUT2D eigenvalue weighted by Crippen LogP contribution is -2.15. The molecule has 0 N–H and O–H groups in total. The van der Waals surface area contributed by atoms with Gasteiger partial charge in [-0.3, -0.25) is 0 Å². The largest absolute Gasteiger partial charge is 0.382 e. The third-order valence-electron chi connectivity index (χ3n) is 2.60. The Balaban J connectivity index is 2.24. The molecule has 11 heavy (non-hydrogen) atoms. The number of ether oxygens (including phenoxy) is 1. The van der Waals surface area contributed by atoms with Gasteiger partial charge in [-0.05, 0) is 32.1 Å². The molecule has 1 saturated carbocycles. The zero-order chi connectivity index (χ0) is 8.27. The van der Waals surface area contributed by atoms with Crippen molar-refractivity contribution in [3.8, 4) is 0 Å². The Morgan fingerprint density at radius 3 is 2.73 bits per heavy atom. The average molecular weight is 221 g/mol. The first-order valence-electron chi connectivity index (χ1n) is 4.41. The molecular formula is C9H17BrO. The molecule has 1 aliphatic carbocycles. The van der Waals surface area contributed by atoms with Crippen LogP contribution in [0, 0.1) is 5.92 Å². The number of methoxy groups -OCH3 is 1. The van der Waals surface area contributed by atoms with Crippen LogP contribution in [-0.4, -0.2) is 18.0 Å². The van der Waals surface area contributed by atoms with Crippen LogP contribution in [-0.2, 0) is 4.74 Å². The Morgan fingerprint density at radius 2 is 2.27 bits per heavy atom. The summed E-state index contributed by atoms with van der Waals surface area (Å²) in [5.74, 6) is 0.852. The second-order valence-corrected chi connectivity index (χ2v) is 4.67. The van der Waals surface area contributed by atoms with Crippen molar-refractivity contribution in [1.82, 2.24) is 0 Å². The number of hydrogen-bond acceptors (Lipinski definition) is 1. The lowest BCUT2D eigenvalue weighted by Gasteiger charge is -2.17. The predicted octanol–water partition coefficient (Wildman–Crippen LogP) is 2.98. The molecule has 1 aliphatic rings. The van der Waals surface area contributed by atoms with Crippen LogP contribution in [0.3, 0.4) is 0 Å². The fourth-order valence-corrected chi connectivity index (χ4v) is 2.58. The zero-order valence-electron chi connectivity index (χ0n) is 7.35. The Kier molecular flexibility index (Phi) is 3.86. The van der Waals surface area contributed by atoms with E-state index in [0.717, 1.165) is 10.7 Å². The minimum absolute atomic E-state index is 0.429. The van der Waals surface area contributed by atoms with Gasteiger partial charge in [0.1, 0.15) is 0 Å². The highest BCUT2D eigenvalue weighted by molar-refractivity contribution is 9.09. The van der Waals surface area contributed by atoms with Gasteiger partial charge in [0, 0.05) is 11.9 Å². The van der Waals surface area contributed by atoms with Crippen LogP contribution >= 0.6 is 15.9 Å². The first-order chi connectivity index (χ1) is 5.24. The van der Waals surface area contributed by atoms with Gasteiger partial charge in [0.05, 0.1) is 6.10 Å². The molecular weight excluding hydrogens is 204 g/mol. The van der Waals surface area contributed by atoms with Crippen molar-refractivity contribution in [2.24, 2.45) is 5.92 Å². The fourth-order valence-electron chi connectivity index (χ4n) is 1.78. The van der Waals surface area contributed by atoms with E-state index in [0.29, 0.717) is 6.10 Å². The first-order valence-corrected chi connectivity index (χ1v) is 5.32. The summed E-state index contributed by atoms with van der Waals surface area (Å²) in [7, 11) is 1.79. The number of hydrogen-bond donors (Lipinski definition) is 0. The lowest BCUT2D eigenvalue weighted by atomic mass is 10.0. The summed E-state index contributed by atoms with van der Waals surface area (Å²) in [5.41, 5.74) is 0. The third kappa shape index (κ3) is 2.75. The molecule has 0 amide bonds. The minimum Gasteiger partial charge on any atom is -0.382 e. The third-order valence-corrected chi connectivity index (χ3v) is 3.81. The molecule has 0 aliphatic heterocycles. The average Bonchev–Trinajstić information content (AvgIpc) is 2.37. The lowest BCUT2D eigenvalue weighted by molar-refractivity contribution is 0.0967. The first kappa shape index (κ1) is 9.53. The Hall–Kier alpha value is 0.440. The highest BCUT2D eigenvalue weighted by Gasteiger charge is 2.25. The van der Waals surface area contributed by atoms with Crippen molar-refractivity contribution in [3.63, 3.8) is 0 Å². The molecule has 0 aromatic rings. The molecule has 0 saturated heterocycles. The molecule has 1 nitrogen and oxygen atoms in total. The summed E-state index contributed by atoms with van der Waals surface area (Å²) >= 11 is 3.71. The summed E-state index contributed by atoms with van der Waals surface area (Å²) in [6.07, 6.45) is 5.76. The van der Waals surface area contributed by atoms with Gasteiger partial charge in [0.2, 0.25) is 0 Å². The Morgan fingerprint density at radius 1 is 1.55 bits per heavy atom. The standard InChI is InChI=1S/C9H17BrO/c1-7(11-2)6-8-4-3-5-9(8)10/h7-9H,3-6H2,1-2H3. The zero-order valence-corrected chi connectivity index (χ0v) is 8.93. The van der Waals surface area contributed by atoms with E-state index in [4.69, 9.17) is 4.74 Å². The number of halogens is 1. The number of rotatable bonds is 3. The van der Waals surface area contributed by atoms with E-state index in [9.17, 15) is 0 Å². The van der Waals surface area contributed by atoms with Crippen molar-refractivity contribution < 1.29 is 4.74 Å². The van der Waals surface area contributed by atoms with E-state index < -0.39 is 0 Å². The Bertz CT molecular complexity index is 116. The van der Waals surface area contributed by atoms with Crippen LogP contribution in [0.15, 0.2) is 0 Å². The summed E-state index contributed by atoms with van der Waals surface area (Å²) in [4.78, 5) is 0.750. The molecule has 1 fully saturated rings. The summed E-state index contributed by atoms with van der Waals surface area (Å²) in [6, 6.07) is 0. The van der Waals surface area contributed by atoms with Crippen LogP contribution in [0.1, 0.15) is 32.6 Å². The Labute approximate surface area is 77.6 Å². The van der Waals surface area contributed by atoms with Crippen LogP contribution in [0.4, 0.5) is 0 Å². The second-order valence-electron chi connectivity index (χ2n) is 3.49. The molecule has 2 heteroatoms. The molecule has 0 aromatic carbocycles.